The van der Waals surface area contributed by atoms with E-state index in [4.69, 9.17) is 15.9 Å². The maximum Gasteiger partial charge on any atom is 0.301 e. The third-order valence-corrected chi connectivity index (χ3v) is 3.78. The summed E-state index contributed by atoms with van der Waals surface area (Å²) in [4.78, 5) is 27.4. The average Bonchev–Trinajstić information content (AvgIpc) is 2.93. The van der Waals surface area contributed by atoms with Gasteiger partial charge in [-0.15, -0.1) is 0 Å². The molecule has 5 N–H and O–H groups in total. The molecule has 0 aliphatic rings. The predicted molar refractivity (Wildman–Crippen MR) is 91.1 cm³/mol. The van der Waals surface area contributed by atoms with Crippen molar-refractivity contribution in [3.05, 3.63) is 41.5 Å². The van der Waals surface area contributed by atoms with Crippen LogP contribution < -0.4 is 16.8 Å². The number of unbranched alkanes of at least 4 members (excludes halogenated alkanes) is 1. The number of primary amides is 1. The SMILES string of the molecule is Cc1cnc(NC(=O)CCCCC(C(N)=O)c2ccc(F)cc2N)o1. The van der Waals surface area contributed by atoms with Gasteiger partial charge in [0.25, 0.3) is 0 Å². The number of hydrogen-bond acceptors (Lipinski definition) is 5. The number of nitrogens with two attached hydrogens (primary N) is 2. The second kappa shape index (κ2) is 8.27. The van der Waals surface area contributed by atoms with Gasteiger partial charge in [-0.1, -0.05) is 12.5 Å². The molecule has 2 amide bonds. The Hall–Kier alpha value is -2.90. The second-order valence-electron chi connectivity index (χ2n) is 5.80. The molecule has 1 unspecified atom stereocenters. The highest BCUT2D eigenvalue weighted by Crippen LogP contribution is 2.27. The Morgan fingerprint density at radius 3 is 2.72 bits per heavy atom. The molecular formula is C17H21FN4O3. The molecule has 2 rings (SSSR count). The van der Waals surface area contributed by atoms with Crippen molar-refractivity contribution in [2.45, 2.75) is 38.5 Å². The standard InChI is InChI=1S/C17H21FN4O3/c1-10-9-21-17(25-10)22-15(23)5-3-2-4-13(16(20)24)12-7-6-11(18)8-14(12)19/h6-9,13H,2-5,19H2,1H3,(H2,20,24)(H,21,22,23). The molecule has 0 aliphatic heterocycles. The van der Waals surface area contributed by atoms with Gasteiger partial charge in [0.05, 0.1) is 12.1 Å². The van der Waals surface area contributed by atoms with Gasteiger partial charge in [0.2, 0.25) is 11.8 Å². The molecule has 0 bridgehead atoms. The largest absolute Gasteiger partial charge is 0.429 e. The molecule has 134 valence electrons. The zero-order valence-corrected chi connectivity index (χ0v) is 13.9. The Kier molecular flexibility index (Phi) is 6.10. The summed E-state index contributed by atoms with van der Waals surface area (Å²) in [6, 6.07) is 4.04. The van der Waals surface area contributed by atoms with Crippen LogP contribution in [0.25, 0.3) is 0 Å². The van der Waals surface area contributed by atoms with Gasteiger partial charge in [-0.3, -0.25) is 14.9 Å². The summed E-state index contributed by atoms with van der Waals surface area (Å²) in [5.74, 6) is -1.23. The Morgan fingerprint density at radius 1 is 1.36 bits per heavy atom. The third kappa shape index (κ3) is 5.30. The second-order valence-corrected chi connectivity index (χ2v) is 5.80. The quantitative estimate of drug-likeness (QED) is 0.499. The van der Waals surface area contributed by atoms with Crippen molar-refractivity contribution in [3.8, 4) is 0 Å². The summed E-state index contributed by atoms with van der Waals surface area (Å²) >= 11 is 0. The number of nitrogens with zero attached hydrogens (tertiary/aromatic N) is 1. The van der Waals surface area contributed by atoms with Crippen LogP contribution in [0.15, 0.2) is 28.8 Å². The molecule has 7 nitrogen and oxygen atoms in total. The molecular weight excluding hydrogens is 327 g/mol. The molecule has 1 atom stereocenters. The molecule has 1 aromatic heterocycles. The van der Waals surface area contributed by atoms with Crippen molar-refractivity contribution in [3.63, 3.8) is 0 Å². The first-order valence-corrected chi connectivity index (χ1v) is 7.93. The van der Waals surface area contributed by atoms with E-state index in [-0.39, 0.29) is 24.0 Å². The van der Waals surface area contributed by atoms with Gasteiger partial charge in [0.1, 0.15) is 11.6 Å². The molecule has 0 aliphatic carbocycles. The Bertz CT molecular complexity index is 760. The van der Waals surface area contributed by atoms with Gasteiger partial charge in [-0.05, 0) is 37.5 Å². The smallest absolute Gasteiger partial charge is 0.301 e. The van der Waals surface area contributed by atoms with E-state index in [0.717, 1.165) is 6.07 Å². The Balaban J connectivity index is 1.83. The monoisotopic (exact) mass is 348 g/mol. The number of carbonyl (C=O) groups is 2. The highest BCUT2D eigenvalue weighted by Gasteiger charge is 2.20. The van der Waals surface area contributed by atoms with Crippen molar-refractivity contribution in [1.82, 2.24) is 4.98 Å². The Labute approximate surface area is 144 Å². The number of carbonyl (C=O) groups excluding carboxylic acids is 2. The summed E-state index contributed by atoms with van der Waals surface area (Å²) in [6.45, 7) is 1.73. The summed E-state index contributed by atoms with van der Waals surface area (Å²) in [6.07, 6.45) is 3.33. The van der Waals surface area contributed by atoms with Crippen molar-refractivity contribution >= 4 is 23.5 Å². The molecule has 0 fully saturated rings. The fourth-order valence-electron chi connectivity index (χ4n) is 2.54. The Morgan fingerprint density at radius 2 is 2.12 bits per heavy atom. The van der Waals surface area contributed by atoms with Gasteiger partial charge in [0.15, 0.2) is 0 Å². The molecule has 25 heavy (non-hydrogen) atoms. The lowest BCUT2D eigenvalue weighted by Gasteiger charge is -2.16. The minimum Gasteiger partial charge on any atom is -0.429 e. The van der Waals surface area contributed by atoms with Crippen LogP contribution in [0.2, 0.25) is 0 Å². The molecule has 8 heteroatoms. The lowest BCUT2D eigenvalue weighted by Crippen LogP contribution is -2.22. The molecule has 0 saturated heterocycles. The predicted octanol–water partition coefficient (Wildman–Crippen LogP) is 2.47. The summed E-state index contributed by atoms with van der Waals surface area (Å²) in [5, 5.41) is 2.55. The van der Waals surface area contributed by atoms with Crippen LogP contribution in [-0.2, 0) is 9.59 Å². The zero-order valence-electron chi connectivity index (χ0n) is 13.9. The zero-order chi connectivity index (χ0) is 18.4. The summed E-state index contributed by atoms with van der Waals surface area (Å²) in [7, 11) is 0. The maximum absolute atomic E-state index is 13.1. The number of oxazole rings is 1. The van der Waals surface area contributed by atoms with Gasteiger partial charge in [-0.25, -0.2) is 9.37 Å². The van der Waals surface area contributed by atoms with Crippen molar-refractivity contribution in [2.24, 2.45) is 5.73 Å². The molecule has 0 spiro atoms. The van der Waals surface area contributed by atoms with E-state index in [0.29, 0.717) is 30.6 Å². The molecule has 1 aromatic carbocycles. The van der Waals surface area contributed by atoms with Crippen LogP contribution in [0.4, 0.5) is 16.1 Å². The lowest BCUT2D eigenvalue weighted by atomic mass is 9.91. The number of nitrogens with one attached hydrogen (secondary N) is 1. The van der Waals surface area contributed by atoms with Crippen molar-refractivity contribution in [2.75, 3.05) is 11.1 Å². The molecule has 0 radical (unpaired) electrons. The number of nitrogen functional groups attached to an aromatic ring is 1. The number of halogens is 1. The normalized spacial score (nSPS) is 11.9. The third-order valence-electron chi connectivity index (χ3n) is 3.78. The molecule has 1 heterocycles. The van der Waals surface area contributed by atoms with Crippen LogP contribution >= 0.6 is 0 Å². The summed E-state index contributed by atoms with van der Waals surface area (Å²) < 4.78 is 18.3. The van der Waals surface area contributed by atoms with E-state index in [2.05, 4.69) is 10.3 Å². The van der Waals surface area contributed by atoms with Crippen LogP contribution in [0, 0.1) is 12.7 Å². The maximum atomic E-state index is 13.1. The van der Waals surface area contributed by atoms with Gasteiger partial charge < -0.3 is 15.9 Å². The summed E-state index contributed by atoms with van der Waals surface area (Å²) in [5.41, 5.74) is 11.9. The minimum atomic E-state index is -0.613. The number of aryl methyl sites for hydroxylation is 1. The first-order valence-electron chi connectivity index (χ1n) is 7.93. The molecule has 2 aromatic rings. The van der Waals surface area contributed by atoms with Crippen LogP contribution in [0.3, 0.4) is 0 Å². The van der Waals surface area contributed by atoms with E-state index in [1.165, 1.54) is 18.3 Å². The number of aromatic nitrogens is 1. The van der Waals surface area contributed by atoms with E-state index in [9.17, 15) is 14.0 Å². The van der Waals surface area contributed by atoms with Gasteiger partial charge >= 0.3 is 6.01 Å². The lowest BCUT2D eigenvalue weighted by molar-refractivity contribution is -0.119. The number of amides is 2. The molecule has 0 saturated carbocycles. The number of hydrogen-bond donors (Lipinski definition) is 3. The van der Waals surface area contributed by atoms with E-state index in [1.54, 1.807) is 6.92 Å². The van der Waals surface area contributed by atoms with Gasteiger partial charge in [-0.2, -0.15) is 0 Å². The van der Waals surface area contributed by atoms with E-state index >= 15 is 0 Å². The van der Waals surface area contributed by atoms with Gasteiger partial charge in [0, 0.05) is 12.1 Å². The first kappa shape index (κ1) is 18.4. The number of anilines is 2. The van der Waals surface area contributed by atoms with E-state index in [1.807, 2.05) is 0 Å². The first-order chi connectivity index (χ1) is 11.9. The van der Waals surface area contributed by atoms with E-state index < -0.39 is 17.6 Å². The number of benzene rings is 1. The fraction of sp³-hybridized carbons (Fsp3) is 0.353. The fourth-order valence-corrected chi connectivity index (χ4v) is 2.54. The highest BCUT2D eigenvalue weighted by molar-refractivity contribution is 5.88. The van der Waals surface area contributed by atoms with Crippen LogP contribution in [0.5, 0.6) is 0 Å². The van der Waals surface area contributed by atoms with Crippen LogP contribution in [0.1, 0.15) is 42.9 Å². The minimum absolute atomic E-state index is 0.164. The van der Waals surface area contributed by atoms with Crippen LogP contribution in [-0.4, -0.2) is 16.8 Å². The highest BCUT2D eigenvalue weighted by atomic mass is 19.1. The topological polar surface area (TPSA) is 124 Å². The average molecular weight is 348 g/mol. The van der Waals surface area contributed by atoms with Crippen molar-refractivity contribution in [1.29, 1.82) is 0 Å². The number of rotatable bonds is 8. The van der Waals surface area contributed by atoms with Crippen molar-refractivity contribution < 1.29 is 18.4 Å².